The van der Waals surface area contributed by atoms with Gasteiger partial charge in [0, 0.05) is 38.8 Å². The lowest BCUT2D eigenvalue weighted by Crippen LogP contribution is -2.46. The molecule has 1 saturated heterocycles. The number of hydrogen-bond donors (Lipinski definition) is 2. The molecule has 0 atom stereocenters. The lowest BCUT2D eigenvalue weighted by Gasteiger charge is -2.36. The van der Waals surface area contributed by atoms with Crippen molar-refractivity contribution in [3.8, 4) is 0 Å². The van der Waals surface area contributed by atoms with Gasteiger partial charge in [-0.25, -0.2) is 9.78 Å². The Morgan fingerprint density at radius 3 is 2.41 bits per heavy atom. The molecule has 0 unspecified atom stereocenters. The fraction of sp³-hybridized carbons (Fsp3) is 0.478. The fourth-order valence-electron chi connectivity index (χ4n) is 4.24. The van der Waals surface area contributed by atoms with Gasteiger partial charge in [-0.05, 0) is 30.5 Å². The number of aromatic nitrogens is 1. The number of benzene rings is 1. The van der Waals surface area contributed by atoms with Gasteiger partial charge in [0.15, 0.2) is 0 Å². The summed E-state index contributed by atoms with van der Waals surface area (Å²) in [7, 11) is 0. The van der Waals surface area contributed by atoms with E-state index in [0.29, 0.717) is 11.9 Å². The van der Waals surface area contributed by atoms with Crippen molar-refractivity contribution >= 4 is 17.5 Å². The van der Waals surface area contributed by atoms with Crippen LogP contribution in [0.2, 0.25) is 0 Å². The van der Waals surface area contributed by atoms with Crippen molar-refractivity contribution in [3.05, 3.63) is 54.2 Å². The Balaban J connectivity index is 1.23. The summed E-state index contributed by atoms with van der Waals surface area (Å²) in [6.45, 7) is 5.07. The van der Waals surface area contributed by atoms with Crippen LogP contribution in [-0.4, -0.2) is 48.1 Å². The topological polar surface area (TPSA) is 60.5 Å². The van der Waals surface area contributed by atoms with Gasteiger partial charge in [0.2, 0.25) is 0 Å². The Morgan fingerprint density at radius 1 is 0.966 bits per heavy atom. The summed E-state index contributed by atoms with van der Waals surface area (Å²) in [5.74, 6) is 0.602. The van der Waals surface area contributed by atoms with Crippen LogP contribution in [0, 0.1) is 0 Å². The first-order chi connectivity index (χ1) is 14.3. The van der Waals surface area contributed by atoms with Crippen molar-refractivity contribution in [1.82, 2.24) is 15.2 Å². The molecule has 1 aromatic carbocycles. The number of carbonyl (C=O) groups is 1. The van der Waals surface area contributed by atoms with E-state index in [1.54, 1.807) is 0 Å². The largest absolute Gasteiger partial charge is 0.368 e. The highest BCUT2D eigenvalue weighted by Gasteiger charge is 2.18. The van der Waals surface area contributed by atoms with E-state index in [2.05, 4.69) is 61.8 Å². The number of carbonyl (C=O) groups excluding carboxylic acids is 1. The molecule has 1 aliphatic heterocycles. The van der Waals surface area contributed by atoms with Gasteiger partial charge in [0.05, 0.1) is 11.9 Å². The van der Waals surface area contributed by atoms with Crippen LogP contribution in [0.1, 0.15) is 37.7 Å². The van der Waals surface area contributed by atoms with E-state index >= 15 is 0 Å². The van der Waals surface area contributed by atoms with Gasteiger partial charge >= 0.3 is 6.03 Å². The molecule has 6 nitrogen and oxygen atoms in total. The summed E-state index contributed by atoms with van der Waals surface area (Å²) in [6.07, 6.45) is 7.71. The van der Waals surface area contributed by atoms with Crippen LogP contribution in [0.25, 0.3) is 0 Å². The Labute approximate surface area is 173 Å². The highest BCUT2D eigenvalue weighted by atomic mass is 16.2. The van der Waals surface area contributed by atoms with Crippen LogP contribution in [0.3, 0.4) is 0 Å². The van der Waals surface area contributed by atoms with E-state index in [-0.39, 0.29) is 6.03 Å². The third-order valence-corrected chi connectivity index (χ3v) is 5.92. The Hall–Kier alpha value is -2.60. The molecule has 0 spiro atoms. The maximum absolute atomic E-state index is 12.2. The molecule has 1 aromatic heterocycles. The van der Waals surface area contributed by atoms with Crippen LogP contribution in [-0.2, 0) is 6.54 Å². The average Bonchev–Trinajstić information content (AvgIpc) is 2.76. The van der Waals surface area contributed by atoms with Gasteiger partial charge in [-0.1, -0.05) is 49.6 Å². The van der Waals surface area contributed by atoms with E-state index in [1.165, 1.54) is 24.8 Å². The number of rotatable bonds is 5. The zero-order valence-corrected chi connectivity index (χ0v) is 17.0. The van der Waals surface area contributed by atoms with Crippen LogP contribution in [0.4, 0.5) is 16.3 Å². The summed E-state index contributed by atoms with van der Waals surface area (Å²) < 4.78 is 0. The van der Waals surface area contributed by atoms with E-state index in [0.717, 1.165) is 51.3 Å². The predicted octanol–water partition coefficient (Wildman–Crippen LogP) is 3.86. The van der Waals surface area contributed by atoms with Crippen molar-refractivity contribution in [2.24, 2.45) is 0 Å². The van der Waals surface area contributed by atoms with Crippen molar-refractivity contribution in [3.63, 3.8) is 0 Å². The van der Waals surface area contributed by atoms with Crippen LogP contribution >= 0.6 is 0 Å². The predicted molar refractivity (Wildman–Crippen MR) is 117 cm³/mol. The van der Waals surface area contributed by atoms with Crippen LogP contribution < -0.4 is 15.5 Å². The Bertz CT molecular complexity index is 766. The second kappa shape index (κ2) is 9.74. The van der Waals surface area contributed by atoms with Gasteiger partial charge < -0.3 is 10.2 Å². The van der Waals surface area contributed by atoms with Gasteiger partial charge in [-0.2, -0.15) is 0 Å². The summed E-state index contributed by atoms with van der Waals surface area (Å²) >= 11 is 0. The molecular weight excluding hydrogens is 362 g/mol. The van der Waals surface area contributed by atoms with Gasteiger partial charge in [0.1, 0.15) is 5.82 Å². The average molecular weight is 394 g/mol. The number of nitrogens with one attached hydrogen (secondary N) is 2. The molecule has 154 valence electrons. The Morgan fingerprint density at radius 2 is 1.72 bits per heavy atom. The fourth-order valence-corrected chi connectivity index (χ4v) is 4.24. The molecule has 29 heavy (non-hydrogen) atoms. The minimum absolute atomic E-state index is 0.147. The molecule has 2 fully saturated rings. The summed E-state index contributed by atoms with van der Waals surface area (Å²) in [5, 5.41) is 5.93. The maximum Gasteiger partial charge on any atom is 0.320 e. The van der Waals surface area contributed by atoms with E-state index < -0.39 is 0 Å². The van der Waals surface area contributed by atoms with Crippen LogP contribution in [0.5, 0.6) is 0 Å². The Kier molecular flexibility index (Phi) is 6.62. The van der Waals surface area contributed by atoms with Crippen LogP contribution in [0.15, 0.2) is 48.7 Å². The minimum Gasteiger partial charge on any atom is -0.368 e. The molecule has 2 heterocycles. The molecule has 1 saturated carbocycles. The molecule has 0 bridgehead atoms. The highest BCUT2D eigenvalue weighted by molar-refractivity contribution is 5.88. The van der Waals surface area contributed by atoms with Crippen molar-refractivity contribution < 1.29 is 4.79 Å². The standard InChI is InChI=1S/C23H31N5O/c29-23(25-20-9-5-2-6-10-20)26-22-12-11-21(17-24-22)28-15-13-27(14-16-28)18-19-7-3-1-4-8-19/h1,3-4,7-8,11-12,17,20H,2,5-6,9-10,13-16,18H2,(H2,24,25,26,29). The lowest BCUT2D eigenvalue weighted by molar-refractivity contribution is 0.244. The molecule has 2 N–H and O–H groups in total. The smallest absolute Gasteiger partial charge is 0.320 e. The van der Waals surface area contributed by atoms with Crippen molar-refractivity contribution in [2.75, 3.05) is 36.4 Å². The van der Waals surface area contributed by atoms with Gasteiger partial charge in [-0.3, -0.25) is 10.2 Å². The van der Waals surface area contributed by atoms with E-state index in [1.807, 2.05) is 12.3 Å². The first-order valence-corrected chi connectivity index (χ1v) is 10.8. The molecule has 0 radical (unpaired) electrons. The SMILES string of the molecule is O=C(Nc1ccc(N2CCN(Cc3ccccc3)CC2)cn1)NC1CCCCC1. The molecule has 4 rings (SSSR count). The van der Waals surface area contributed by atoms with Crippen molar-refractivity contribution in [2.45, 2.75) is 44.7 Å². The second-order valence-electron chi connectivity index (χ2n) is 8.08. The first-order valence-electron chi connectivity index (χ1n) is 10.8. The molecule has 6 heteroatoms. The molecule has 1 aliphatic carbocycles. The number of piperazine rings is 1. The third kappa shape index (κ3) is 5.70. The number of anilines is 2. The number of hydrogen-bond acceptors (Lipinski definition) is 4. The van der Waals surface area contributed by atoms with Gasteiger partial charge in [0.25, 0.3) is 0 Å². The summed E-state index contributed by atoms with van der Waals surface area (Å²) in [5.41, 5.74) is 2.48. The molecule has 2 aliphatic rings. The third-order valence-electron chi connectivity index (χ3n) is 5.92. The van der Waals surface area contributed by atoms with Crippen molar-refractivity contribution in [1.29, 1.82) is 0 Å². The number of pyridine rings is 1. The first kappa shape index (κ1) is 19.7. The molecular formula is C23H31N5O. The highest BCUT2D eigenvalue weighted by Crippen LogP contribution is 2.19. The summed E-state index contributed by atoms with van der Waals surface area (Å²) in [4.78, 5) is 21.5. The zero-order valence-electron chi connectivity index (χ0n) is 17.0. The lowest BCUT2D eigenvalue weighted by atomic mass is 9.96. The van der Waals surface area contributed by atoms with Gasteiger partial charge in [-0.15, -0.1) is 0 Å². The number of amides is 2. The summed E-state index contributed by atoms with van der Waals surface area (Å²) in [6, 6.07) is 14.7. The zero-order chi connectivity index (χ0) is 19.9. The quantitative estimate of drug-likeness (QED) is 0.810. The number of nitrogens with zero attached hydrogens (tertiary/aromatic N) is 3. The maximum atomic E-state index is 12.2. The number of urea groups is 1. The van der Waals surface area contributed by atoms with E-state index in [9.17, 15) is 4.79 Å². The van der Waals surface area contributed by atoms with E-state index in [4.69, 9.17) is 0 Å². The molecule has 2 amide bonds. The molecule has 2 aromatic rings. The second-order valence-corrected chi connectivity index (χ2v) is 8.08. The monoisotopic (exact) mass is 393 g/mol. The minimum atomic E-state index is -0.147. The normalized spacial score (nSPS) is 18.4.